The van der Waals surface area contributed by atoms with Crippen LogP contribution in [-0.2, 0) is 0 Å². The average Bonchev–Trinajstić information content (AvgIpc) is 3.18. The maximum atomic E-state index is 12.7. The quantitative estimate of drug-likeness (QED) is 0.616. The predicted octanol–water partition coefficient (Wildman–Crippen LogP) is 2.65. The molecule has 0 saturated heterocycles. The number of nitrogens with zero attached hydrogens (tertiary/aromatic N) is 3. The molecule has 0 fully saturated rings. The van der Waals surface area contributed by atoms with E-state index < -0.39 is 0 Å². The van der Waals surface area contributed by atoms with E-state index >= 15 is 0 Å². The van der Waals surface area contributed by atoms with Gasteiger partial charge in [-0.25, -0.2) is 4.98 Å². The summed E-state index contributed by atoms with van der Waals surface area (Å²) in [4.78, 5) is 20.0. The maximum absolute atomic E-state index is 12.7. The number of H-pyrrole nitrogens is 1. The summed E-state index contributed by atoms with van der Waals surface area (Å²) in [6.07, 6.45) is 4.63. The van der Waals surface area contributed by atoms with Crippen LogP contribution in [-0.4, -0.2) is 19.6 Å². The molecule has 0 spiro atoms. The summed E-state index contributed by atoms with van der Waals surface area (Å²) < 4.78 is 6.59. The van der Waals surface area contributed by atoms with Crippen molar-refractivity contribution in [2.45, 2.75) is 6.92 Å². The van der Waals surface area contributed by atoms with Crippen molar-refractivity contribution < 1.29 is 4.42 Å². The molecule has 4 rings (SSSR count). The number of hydrogen-bond acceptors (Lipinski definition) is 4. The molecular weight excluding hydrogens is 280 g/mol. The first-order chi connectivity index (χ1) is 10.8. The highest BCUT2D eigenvalue weighted by Crippen LogP contribution is 2.24. The van der Waals surface area contributed by atoms with Gasteiger partial charge in [-0.2, -0.15) is 9.61 Å². The number of hydrogen-bond donors (Lipinski definition) is 1. The Labute approximate surface area is 125 Å². The molecule has 0 amide bonds. The molecule has 0 atom stereocenters. The Morgan fingerprint density at radius 3 is 2.77 bits per heavy atom. The molecule has 0 radical (unpaired) electrons. The number of fused-ring (bicyclic) bond motifs is 1. The van der Waals surface area contributed by atoms with Crippen LogP contribution in [0.4, 0.5) is 0 Å². The third kappa shape index (κ3) is 1.77. The van der Waals surface area contributed by atoms with Crippen molar-refractivity contribution in [3.63, 3.8) is 0 Å². The molecule has 6 heteroatoms. The van der Waals surface area contributed by atoms with E-state index in [9.17, 15) is 4.79 Å². The van der Waals surface area contributed by atoms with Crippen LogP contribution in [0.1, 0.15) is 5.69 Å². The molecule has 0 aliphatic heterocycles. The highest BCUT2D eigenvalue weighted by atomic mass is 16.3. The second-order valence-corrected chi connectivity index (χ2v) is 4.95. The molecule has 3 aromatic heterocycles. The van der Waals surface area contributed by atoms with Crippen LogP contribution in [0.5, 0.6) is 0 Å². The number of aryl methyl sites for hydroxylation is 1. The molecule has 1 N–H and O–H groups in total. The van der Waals surface area contributed by atoms with Crippen LogP contribution in [0.3, 0.4) is 0 Å². The standard InChI is InChI=1S/C16H12N4O2/c1-10-13(15-17-7-8-22-15)16(21)20-14(19-10)12(9-18-20)11-5-3-2-4-6-11/h2-9,19H,1H3. The Hall–Kier alpha value is -3.15. The van der Waals surface area contributed by atoms with Crippen molar-refractivity contribution >= 4 is 5.65 Å². The smallest absolute Gasteiger partial charge is 0.287 e. The number of nitrogens with one attached hydrogen (secondary N) is 1. The number of oxazole rings is 1. The van der Waals surface area contributed by atoms with E-state index in [2.05, 4.69) is 15.1 Å². The first kappa shape index (κ1) is 12.6. The molecule has 108 valence electrons. The average molecular weight is 292 g/mol. The number of aromatic nitrogens is 4. The third-order valence-electron chi connectivity index (χ3n) is 3.59. The van der Waals surface area contributed by atoms with E-state index in [4.69, 9.17) is 4.42 Å². The number of aromatic amines is 1. The molecule has 0 aliphatic rings. The fraction of sp³-hybridized carbons (Fsp3) is 0.0625. The Kier molecular flexibility index (Phi) is 2.69. The van der Waals surface area contributed by atoms with Gasteiger partial charge in [-0.1, -0.05) is 30.3 Å². The molecule has 1 aromatic carbocycles. The lowest BCUT2D eigenvalue weighted by Gasteiger charge is -2.04. The van der Waals surface area contributed by atoms with Crippen molar-refractivity contribution in [3.8, 4) is 22.6 Å². The summed E-state index contributed by atoms with van der Waals surface area (Å²) in [6, 6.07) is 9.80. The van der Waals surface area contributed by atoms with E-state index in [0.717, 1.165) is 11.1 Å². The Morgan fingerprint density at radius 1 is 1.23 bits per heavy atom. The fourth-order valence-electron chi connectivity index (χ4n) is 2.56. The Bertz CT molecular complexity index is 998. The molecule has 0 unspecified atom stereocenters. The fourth-order valence-corrected chi connectivity index (χ4v) is 2.56. The molecule has 4 aromatic rings. The van der Waals surface area contributed by atoms with Crippen LogP contribution in [0.15, 0.2) is 58.2 Å². The molecule has 3 heterocycles. The van der Waals surface area contributed by atoms with Gasteiger partial charge in [-0.15, -0.1) is 0 Å². The molecule has 22 heavy (non-hydrogen) atoms. The summed E-state index contributed by atoms with van der Waals surface area (Å²) in [5.41, 5.74) is 3.36. The normalized spacial score (nSPS) is 11.1. The first-order valence-electron chi connectivity index (χ1n) is 6.81. The van der Waals surface area contributed by atoms with Crippen LogP contribution < -0.4 is 5.56 Å². The molecule has 0 saturated carbocycles. The van der Waals surface area contributed by atoms with Gasteiger partial charge in [0.15, 0.2) is 0 Å². The lowest BCUT2D eigenvalue weighted by molar-refractivity contribution is 0.572. The summed E-state index contributed by atoms with van der Waals surface area (Å²) in [5.74, 6) is 0.289. The molecule has 6 nitrogen and oxygen atoms in total. The maximum Gasteiger partial charge on any atom is 0.287 e. The zero-order valence-electron chi connectivity index (χ0n) is 11.8. The van der Waals surface area contributed by atoms with Crippen molar-refractivity contribution in [2.24, 2.45) is 0 Å². The van der Waals surface area contributed by atoms with Gasteiger partial charge >= 0.3 is 0 Å². The highest BCUT2D eigenvalue weighted by molar-refractivity contribution is 5.77. The zero-order valence-corrected chi connectivity index (χ0v) is 11.8. The van der Waals surface area contributed by atoms with Gasteiger partial charge in [0.05, 0.1) is 12.4 Å². The summed E-state index contributed by atoms with van der Waals surface area (Å²) >= 11 is 0. The van der Waals surface area contributed by atoms with Gasteiger partial charge in [0, 0.05) is 11.3 Å². The molecule has 0 bridgehead atoms. The Morgan fingerprint density at radius 2 is 2.05 bits per heavy atom. The van der Waals surface area contributed by atoms with E-state index in [1.165, 1.54) is 17.0 Å². The predicted molar refractivity (Wildman–Crippen MR) is 81.5 cm³/mol. The van der Waals surface area contributed by atoms with Crippen LogP contribution in [0, 0.1) is 6.92 Å². The second-order valence-electron chi connectivity index (χ2n) is 4.95. The SMILES string of the molecule is Cc1[nH]c2c(-c3ccccc3)cnn2c(=O)c1-c1ncco1. The molecule has 0 aliphatic carbocycles. The topological polar surface area (TPSA) is 76.2 Å². The summed E-state index contributed by atoms with van der Waals surface area (Å²) in [6.45, 7) is 1.82. The van der Waals surface area contributed by atoms with Crippen LogP contribution >= 0.6 is 0 Å². The Balaban J connectivity index is 2.02. The van der Waals surface area contributed by atoms with Gasteiger partial charge in [0.25, 0.3) is 5.56 Å². The van der Waals surface area contributed by atoms with E-state index in [1.54, 1.807) is 6.20 Å². The lowest BCUT2D eigenvalue weighted by Crippen LogP contribution is -2.19. The van der Waals surface area contributed by atoms with Crippen molar-refractivity contribution in [1.29, 1.82) is 0 Å². The van der Waals surface area contributed by atoms with E-state index in [-0.39, 0.29) is 11.4 Å². The number of benzene rings is 1. The summed E-state index contributed by atoms with van der Waals surface area (Å²) in [5, 5.41) is 4.21. The van der Waals surface area contributed by atoms with Crippen molar-refractivity contribution in [2.75, 3.05) is 0 Å². The van der Waals surface area contributed by atoms with Crippen molar-refractivity contribution in [1.82, 2.24) is 19.6 Å². The highest BCUT2D eigenvalue weighted by Gasteiger charge is 2.18. The van der Waals surface area contributed by atoms with E-state index in [1.807, 2.05) is 37.3 Å². The monoisotopic (exact) mass is 292 g/mol. The minimum atomic E-state index is -0.254. The van der Waals surface area contributed by atoms with Crippen LogP contribution in [0.25, 0.3) is 28.2 Å². The first-order valence-corrected chi connectivity index (χ1v) is 6.81. The largest absolute Gasteiger partial charge is 0.444 e. The van der Waals surface area contributed by atoms with Crippen molar-refractivity contribution in [3.05, 3.63) is 65.0 Å². The minimum absolute atomic E-state index is 0.254. The molecular formula is C16H12N4O2. The number of rotatable bonds is 2. The van der Waals surface area contributed by atoms with Gasteiger partial charge in [0.2, 0.25) is 5.89 Å². The van der Waals surface area contributed by atoms with Gasteiger partial charge in [-0.3, -0.25) is 4.79 Å². The summed E-state index contributed by atoms with van der Waals surface area (Å²) in [7, 11) is 0. The zero-order chi connectivity index (χ0) is 15.1. The lowest BCUT2D eigenvalue weighted by atomic mass is 10.1. The van der Waals surface area contributed by atoms with Gasteiger partial charge in [0.1, 0.15) is 17.5 Å². The van der Waals surface area contributed by atoms with E-state index in [0.29, 0.717) is 16.9 Å². The third-order valence-corrected chi connectivity index (χ3v) is 3.59. The van der Waals surface area contributed by atoms with Crippen LogP contribution in [0.2, 0.25) is 0 Å². The minimum Gasteiger partial charge on any atom is -0.444 e. The second kappa shape index (κ2) is 4.70. The van der Waals surface area contributed by atoms with Gasteiger partial charge < -0.3 is 9.40 Å². The van der Waals surface area contributed by atoms with Gasteiger partial charge in [-0.05, 0) is 12.5 Å².